The van der Waals surface area contributed by atoms with Gasteiger partial charge in [0.15, 0.2) is 0 Å². The maximum Gasteiger partial charge on any atom is 0.110 e. The number of hydrazine groups is 1. The number of aromatic nitrogens is 2. The van der Waals surface area contributed by atoms with E-state index in [9.17, 15) is 0 Å². The molecule has 0 bridgehead atoms. The lowest BCUT2D eigenvalue weighted by atomic mass is 9.99. The fourth-order valence-electron chi connectivity index (χ4n) is 3.24. The molecule has 4 heteroatoms. The lowest BCUT2D eigenvalue weighted by molar-refractivity contribution is 0.516. The Morgan fingerprint density at radius 3 is 3.00 bits per heavy atom. The maximum absolute atomic E-state index is 5.80. The summed E-state index contributed by atoms with van der Waals surface area (Å²) in [5.74, 6) is 6.90. The van der Waals surface area contributed by atoms with Gasteiger partial charge in [0.05, 0.1) is 6.04 Å². The topological polar surface area (TPSA) is 55.9 Å². The van der Waals surface area contributed by atoms with Gasteiger partial charge in [0.1, 0.15) is 5.82 Å². The van der Waals surface area contributed by atoms with Crippen LogP contribution >= 0.6 is 0 Å². The first-order chi connectivity index (χ1) is 10.3. The number of rotatable bonds is 6. The van der Waals surface area contributed by atoms with Crippen LogP contribution in [0.4, 0.5) is 0 Å². The van der Waals surface area contributed by atoms with Crippen molar-refractivity contribution in [3.8, 4) is 0 Å². The molecule has 1 aromatic heterocycles. The summed E-state index contributed by atoms with van der Waals surface area (Å²) >= 11 is 0. The molecular weight excluding hydrogens is 260 g/mol. The van der Waals surface area contributed by atoms with E-state index in [1.165, 1.54) is 36.0 Å². The predicted molar refractivity (Wildman–Crippen MR) is 84.8 cm³/mol. The Labute approximate surface area is 126 Å². The van der Waals surface area contributed by atoms with Gasteiger partial charge < -0.3 is 4.57 Å². The first-order valence-corrected chi connectivity index (χ1v) is 7.89. The van der Waals surface area contributed by atoms with Gasteiger partial charge in [-0.2, -0.15) is 0 Å². The zero-order chi connectivity index (χ0) is 14.7. The van der Waals surface area contributed by atoms with E-state index in [1.807, 2.05) is 6.20 Å². The Hall–Kier alpha value is -1.65. The third-order valence-corrected chi connectivity index (χ3v) is 4.38. The average molecular weight is 284 g/mol. The largest absolute Gasteiger partial charge is 0.335 e. The summed E-state index contributed by atoms with van der Waals surface area (Å²) in [5.41, 5.74) is 7.22. The van der Waals surface area contributed by atoms with Gasteiger partial charge in [-0.25, -0.2) is 4.98 Å². The lowest BCUT2D eigenvalue weighted by Gasteiger charge is -2.18. The first-order valence-electron chi connectivity index (χ1n) is 7.89. The minimum absolute atomic E-state index is 0.119. The number of nitrogens with two attached hydrogens (primary N) is 1. The van der Waals surface area contributed by atoms with Gasteiger partial charge in [-0.3, -0.25) is 11.3 Å². The van der Waals surface area contributed by atoms with Crippen LogP contribution in [0.1, 0.15) is 48.3 Å². The van der Waals surface area contributed by atoms with Crippen molar-refractivity contribution in [2.75, 3.05) is 0 Å². The molecule has 21 heavy (non-hydrogen) atoms. The number of hydrogen-bond acceptors (Lipinski definition) is 3. The van der Waals surface area contributed by atoms with Gasteiger partial charge in [0.2, 0.25) is 0 Å². The number of nitrogens with one attached hydrogen (secondary N) is 1. The zero-order valence-corrected chi connectivity index (χ0v) is 12.7. The zero-order valence-electron chi connectivity index (χ0n) is 12.7. The fourth-order valence-corrected chi connectivity index (χ4v) is 3.24. The quantitative estimate of drug-likeness (QED) is 0.633. The smallest absolute Gasteiger partial charge is 0.110 e. The minimum atomic E-state index is 0.119. The molecule has 1 aliphatic rings. The molecule has 0 fully saturated rings. The van der Waals surface area contributed by atoms with E-state index < -0.39 is 0 Å². The normalized spacial score (nSPS) is 15.1. The van der Waals surface area contributed by atoms with Crippen LogP contribution in [0.2, 0.25) is 0 Å². The number of nitrogens with zero attached hydrogens (tertiary/aromatic N) is 2. The number of benzene rings is 1. The Morgan fingerprint density at radius 1 is 1.33 bits per heavy atom. The van der Waals surface area contributed by atoms with Crippen molar-refractivity contribution in [1.29, 1.82) is 0 Å². The third kappa shape index (κ3) is 3.01. The van der Waals surface area contributed by atoms with Gasteiger partial charge in [-0.15, -0.1) is 0 Å². The molecule has 0 aliphatic heterocycles. The van der Waals surface area contributed by atoms with E-state index >= 15 is 0 Å². The van der Waals surface area contributed by atoms with Gasteiger partial charge in [-0.1, -0.05) is 25.1 Å². The van der Waals surface area contributed by atoms with Crippen LogP contribution in [-0.4, -0.2) is 9.55 Å². The Kier molecular flexibility index (Phi) is 4.36. The molecule has 3 rings (SSSR count). The van der Waals surface area contributed by atoms with Crippen LogP contribution in [0.3, 0.4) is 0 Å². The van der Waals surface area contributed by atoms with E-state index in [0.717, 1.165) is 25.2 Å². The predicted octanol–water partition coefficient (Wildman–Crippen LogP) is 2.53. The lowest BCUT2D eigenvalue weighted by Crippen LogP contribution is -2.30. The Balaban J connectivity index is 1.80. The van der Waals surface area contributed by atoms with Gasteiger partial charge in [0, 0.05) is 25.4 Å². The van der Waals surface area contributed by atoms with Crippen molar-refractivity contribution in [1.82, 2.24) is 15.0 Å². The second-order valence-electron chi connectivity index (χ2n) is 5.84. The summed E-state index contributed by atoms with van der Waals surface area (Å²) in [5, 5.41) is 0. The highest BCUT2D eigenvalue weighted by molar-refractivity contribution is 5.36. The molecule has 0 spiro atoms. The molecule has 1 heterocycles. The van der Waals surface area contributed by atoms with E-state index in [0.29, 0.717) is 0 Å². The van der Waals surface area contributed by atoms with Crippen LogP contribution in [-0.2, 0) is 25.8 Å². The van der Waals surface area contributed by atoms with Crippen molar-refractivity contribution in [3.63, 3.8) is 0 Å². The summed E-state index contributed by atoms with van der Waals surface area (Å²) in [6.45, 7) is 3.19. The molecule has 0 saturated carbocycles. The molecule has 4 nitrogen and oxygen atoms in total. The molecule has 1 aliphatic carbocycles. The molecule has 0 amide bonds. The van der Waals surface area contributed by atoms with Gasteiger partial charge >= 0.3 is 0 Å². The number of fused-ring (bicyclic) bond motifs is 1. The number of aryl methyl sites for hydroxylation is 3. The van der Waals surface area contributed by atoms with Gasteiger partial charge in [-0.05, 0) is 42.4 Å². The van der Waals surface area contributed by atoms with Crippen LogP contribution in [0.15, 0.2) is 30.6 Å². The van der Waals surface area contributed by atoms with Crippen molar-refractivity contribution >= 4 is 0 Å². The summed E-state index contributed by atoms with van der Waals surface area (Å²) in [6.07, 6.45) is 9.56. The van der Waals surface area contributed by atoms with Crippen molar-refractivity contribution in [3.05, 3.63) is 53.1 Å². The molecule has 0 saturated heterocycles. The van der Waals surface area contributed by atoms with Crippen LogP contribution < -0.4 is 11.3 Å². The molecule has 1 aromatic carbocycles. The Morgan fingerprint density at radius 2 is 2.19 bits per heavy atom. The standard InChI is InChI=1S/C17H24N4/c1-2-9-21-10-8-19-17(21)12-16(20-18)15-7-6-13-4-3-5-14(13)11-15/h6-8,10-11,16,20H,2-5,9,12,18H2,1H3. The van der Waals surface area contributed by atoms with Crippen LogP contribution in [0, 0.1) is 0 Å². The van der Waals surface area contributed by atoms with Crippen molar-refractivity contribution < 1.29 is 0 Å². The first kappa shape index (κ1) is 14.3. The SMILES string of the molecule is CCCn1ccnc1CC(NN)c1ccc2c(c1)CCC2. The summed E-state index contributed by atoms with van der Waals surface area (Å²) in [6, 6.07) is 6.91. The maximum atomic E-state index is 5.80. The van der Waals surface area contributed by atoms with Gasteiger partial charge in [0.25, 0.3) is 0 Å². The molecule has 112 valence electrons. The summed E-state index contributed by atoms with van der Waals surface area (Å²) in [7, 11) is 0. The van der Waals surface area contributed by atoms with E-state index in [1.54, 1.807) is 0 Å². The highest BCUT2D eigenvalue weighted by atomic mass is 15.2. The molecular formula is C17H24N4. The van der Waals surface area contributed by atoms with Crippen molar-refractivity contribution in [2.24, 2.45) is 5.84 Å². The van der Waals surface area contributed by atoms with E-state index in [4.69, 9.17) is 5.84 Å². The molecule has 3 N–H and O–H groups in total. The average Bonchev–Trinajstić information content (AvgIpc) is 3.13. The summed E-state index contributed by atoms with van der Waals surface area (Å²) in [4.78, 5) is 4.49. The fraction of sp³-hybridized carbons (Fsp3) is 0.471. The van der Waals surface area contributed by atoms with Crippen LogP contribution in [0.25, 0.3) is 0 Å². The minimum Gasteiger partial charge on any atom is -0.335 e. The van der Waals surface area contributed by atoms with Crippen molar-refractivity contribution in [2.45, 2.75) is 51.6 Å². The third-order valence-electron chi connectivity index (χ3n) is 4.38. The van der Waals surface area contributed by atoms with E-state index in [2.05, 4.69) is 46.3 Å². The number of hydrogen-bond donors (Lipinski definition) is 2. The molecule has 1 unspecified atom stereocenters. The van der Waals surface area contributed by atoms with Crippen LogP contribution in [0.5, 0.6) is 0 Å². The molecule has 0 radical (unpaired) electrons. The monoisotopic (exact) mass is 284 g/mol. The molecule has 2 aromatic rings. The second kappa shape index (κ2) is 6.41. The Bertz CT molecular complexity index is 603. The molecule has 1 atom stereocenters. The van der Waals surface area contributed by atoms with E-state index in [-0.39, 0.29) is 6.04 Å². The second-order valence-corrected chi connectivity index (χ2v) is 5.84. The highest BCUT2D eigenvalue weighted by Gasteiger charge is 2.17. The number of imidazole rings is 1. The highest BCUT2D eigenvalue weighted by Crippen LogP contribution is 2.26. The summed E-state index contributed by atoms with van der Waals surface area (Å²) < 4.78 is 2.22.